The molecule has 5 nitrogen and oxygen atoms in total. The molecular weight excluding hydrogens is 447 g/mol. The van der Waals surface area contributed by atoms with E-state index in [-0.39, 0.29) is 30.1 Å². The maximum Gasteiger partial charge on any atom is 0.191 e. The van der Waals surface area contributed by atoms with Crippen molar-refractivity contribution in [1.82, 2.24) is 15.5 Å². The Morgan fingerprint density at radius 2 is 2.16 bits per heavy atom. The minimum Gasteiger partial charge on any atom is -0.393 e. The summed E-state index contributed by atoms with van der Waals surface area (Å²) in [6, 6.07) is 4.28. The number of nitrogens with one attached hydrogen (secondary N) is 2. The highest BCUT2D eigenvalue weighted by atomic mass is 127. The van der Waals surface area contributed by atoms with E-state index in [9.17, 15) is 5.11 Å². The molecule has 1 aromatic rings. The van der Waals surface area contributed by atoms with Gasteiger partial charge in [-0.3, -0.25) is 4.99 Å². The molecule has 1 atom stereocenters. The van der Waals surface area contributed by atoms with Crippen LogP contribution in [-0.2, 0) is 0 Å². The second-order valence-corrected chi connectivity index (χ2v) is 7.47. The summed E-state index contributed by atoms with van der Waals surface area (Å²) in [4.78, 5) is 8.55. The molecule has 7 heteroatoms. The van der Waals surface area contributed by atoms with Gasteiger partial charge in [0.25, 0.3) is 0 Å². The lowest BCUT2D eigenvalue weighted by Gasteiger charge is -2.29. The number of nitrogens with zero attached hydrogens (tertiary/aromatic N) is 2. The van der Waals surface area contributed by atoms with Crippen LogP contribution in [0.1, 0.15) is 43.9 Å². The number of piperidine rings is 1. The first-order valence-corrected chi connectivity index (χ1v) is 10.0. The second kappa shape index (κ2) is 12.9. The molecule has 0 spiro atoms. The average molecular weight is 480 g/mol. The normalized spacial score (nSPS) is 17.8. The second-order valence-electron chi connectivity index (χ2n) is 6.49. The molecule has 1 saturated heterocycles. The Morgan fingerprint density at radius 1 is 1.40 bits per heavy atom. The Hall–Kier alpha value is -0.380. The third kappa shape index (κ3) is 8.70. The van der Waals surface area contributed by atoms with Gasteiger partial charge in [-0.05, 0) is 44.2 Å². The molecule has 1 aromatic heterocycles. The molecule has 3 N–H and O–H groups in total. The van der Waals surface area contributed by atoms with Crippen molar-refractivity contribution in [2.24, 2.45) is 4.99 Å². The van der Waals surface area contributed by atoms with Crippen LogP contribution >= 0.6 is 35.3 Å². The largest absolute Gasteiger partial charge is 0.393 e. The van der Waals surface area contributed by atoms with Crippen molar-refractivity contribution in [2.45, 2.75) is 45.1 Å². The fourth-order valence-electron chi connectivity index (χ4n) is 2.88. The van der Waals surface area contributed by atoms with Crippen LogP contribution in [0.25, 0.3) is 0 Å². The first-order valence-electron chi connectivity index (χ1n) is 9.15. The van der Waals surface area contributed by atoms with E-state index in [1.54, 1.807) is 11.3 Å². The molecule has 2 heterocycles. The van der Waals surface area contributed by atoms with Crippen LogP contribution in [0.3, 0.4) is 0 Å². The van der Waals surface area contributed by atoms with Crippen molar-refractivity contribution in [1.29, 1.82) is 0 Å². The minimum atomic E-state index is -0.0859. The number of hydrogen-bond donors (Lipinski definition) is 3. The molecule has 0 aliphatic carbocycles. The van der Waals surface area contributed by atoms with Gasteiger partial charge in [-0.1, -0.05) is 13.0 Å². The van der Waals surface area contributed by atoms with Gasteiger partial charge in [0, 0.05) is 37.0 Å². The molecule has 0 saturated carbocycles. The lowest BCUT2D eigenvalue weighted by atomic mass is 10.1. The van der Waals surface area contributed by atoms with Crippen molar-refractivity contribution >= 4 is 41.3 Å². The van der Waals surface area contributed by atoms with E-state index in [2.05, 4.69) is 46.9 Å². The molecule has 1 unspecified atom stereocenters. The Bertz CT molecular complexity index is 475. The Balaban J connectivity index is 0.00000312. The van der Waals surface area contributed by atoms with E-state index < -0.39 is 0 Å². The first-order chi connectivity index (χ1) is 11.7. The number of hydrogen-bond acceptors (Lipinski definition) is 4. The molecule has 25 heavy (non-hydrogen) atoms. The predicted octanol–water partition coefficient (Wildman–Crippen LogP) is 2.87. The predicted molar refractivity (Wildman–Crippen MR) is 118 cm³/mol. The van der Waals surface area contributed by atoms with Crippen LogP contribution in [0.15, 0.2) is 22.5 Å². The number of aliphatic hydroxyl groups excluding tert-OH is 1. The molecule has 1 aliphatic heterocycles. The summed E-state index contributed by atoms with van der Waals surface area (Å²) in [6.07, 6.45) is 2.84. The SMILES string of the molecule is CCNC(=NCC(C)c1cccs1)NCCCN1CCC(O)CC1.I. The number of guanidine groups is 1. The summed E-state index contributed by atoms with van der Waals surface area (Å²) in [5.74, 6) is 1.37. The maximum atomic E-state index is 9.54. The Labute approximate surface area is 173 Å². The van der Waals surface area contributed by atoms with Gasteiger partial charge in [0.15, 0.2) is 5.96 Å². The van der Waals surface area contributed by atoms with Crippen LogP contribution in [0.5, 0.6) is 0 Å². The van der Waals surface area contributed by atoms with E-state index in [0.29, 0.717) is 5.92 Å². The van der Waals surface area contributed by atoms with E-state index in [0.717, 1.165) is 64.5 Å². The van der Waals surface area contributed by atoms with Crippen LogP contribution in [0, 0.1) is 0 Å². The van der Waals surface area contributed by atoms with Gasteiger partial charge >= 0.3 is 0 Å². The van der Waals surface area contributed by atoms with Gasteiger partial charge in [-0.2, -0.15) is 0 Å². The van der Waals surface area contributed by atoms with Crippen LogP contribution in [-0.4, -0.2) is 61.3 Å². The van der Waals surface area contributed by atoms with Crippen molar-refractivity contribution in [3.8, 4) is 0 Å². The molecule has 1 fully saturated rings. The Morgan fingerprint density at radius 3 is 2.80 bits per heavy atom. The molecule has 0 amide bonds. The van der Waals surface area contributed by atoms with E-state index in [1.165, 1.54) is 4.88 Å². The molecule has 1 aliphatic rings. The summed E-state index contributed by atoms with van der Waals surface area (Å²) in [5, 5.41) is 18.4. The van der Waals surface area contributed by atoms with E-state index >= 15 is 0 Å². The van der Waals surface area contributed by atoms with Crippen LogP contribution < -0.4 is 10.6 Å². The zero-order valence-electron chi connectivity index (χ0n) is 15.4. The monoisotopic (exact) mass is 480 g/mol. The standard InChI is InChI=1S/C18H32N4OS.HI/c1-3-19-18(21-14-15(2)17-6-4-13-24-17)20-9-5-10-22-11-7-16(23)8-12-22;/h4,6,13,15-16,23H,3,5,7-12,14H2,1-2H3,(H2,19,20,21);1H. The fraction of sp³-hybridized carbons (Fsp3) is 0.722. The van der Waals surface area contributed by atoms with Crippen molar-refractivity contribution < 1.29 is 5.11 Å². The number of thiophene rings is 1. The third-order valence-corrected chi connectivity index (χ3v) is 5.50. The van der Waals surface area contributed by atoms with Crippen LogP contribution in [0.2, 0.25) is 0 Å². The van der Waals surface area contributed by atoms with Gasteiger partial charge in [-0.15, -0.1) is 35.3 Å². The minimum absolute atomic E-state index is 0. The van der Waals surface area contributed by atoms with Gasteiger partial charge in [0.05, 0.1) is 12.6 Å². The molecule has 0 bridgehead atoms. The number of aliphatic imine (C=N–C) groups is 1. The summed E-state index contributed by atoms with van der Waals surface area (Å²) in [5.41, 5.74) is 0. The quantitative estimate of drug-likeness (QED) is 0.232. The van der Waals surface area contributed by atoms with E-state index in [1.807, 2.05) is 0 Å². The molecular formula is C18H33IN4OS. The summed E-state index contributed by atoms with van der Waals surface area (Å²) in [7, 11) is 0. The van der Waals surface area contributed by atoms with Gasteiger partial charge in [0.1, 0.15) is 0 Å². The lowest BCUT2D eigenvalue weighted by molar-refractivity contribution is 0.0823. The van der Waals surface area contributed by atoms with Crippen molar-refractivity contribution in [3.05, 3.63) is 22.4 Å². The lowest BCUT2D eigenvalue weighted by Crippen LogP contribution is -2.40. The number of rotatable bonds is 8. The average Bonchev–Trinajstić information content (AvgIpc) is 3.12. The zero-order valence-corrected chi connectivity index (χ0v) is 18.6. The fourth-order valence-corrected chi connectivity index (χ4v) is 3.66. The summed E-state index contributed by atoms with van der Waals surface area (Å²) < 4.78 is 0. The highest BCUT2D eigenvalue weighted by molar-refractivity contribution is 14.0. The van der Waals surface area contributed by atoms with Crippen molar-refractivity contribution in [2.75, 3.05) is 39.3 Å². The first kappa shape index (κ1) is 22.7. The van der Waals surface area contributed by atoms with Crippen LogP contribution in [0.4, 0.5) is 0 Å². The number of aliphatic hydroxyl groups is 1. The van der Waals surface area contributed by atoms with Gasteiger partial charge < -0.3 is 20.6 Å². The van der Waals surface area contributed by atoms with Gasteiger partial charge in [-0.25, -0.2) is 0 Å². The third-order valence-electron chi connectivity index (χ3n) is 4.40. The molecule has 0 aromatic carbocycles. The molecule has 144 valence electrons. The highest BCUT2D eigenvalue weighted by Crippen LogP contribution is 2.20. The molecule has 2 rings (SSSR count). The topological polar surface area (TPSA) is 59.9 Å². The summed E-state index contributed by atoms with van der Waals surface area (Å²) in [6.45, 7) is 10.1. The van der Waals surface area contributed by atoms with Crippen molar-refractivity contribution in [3.63, 3.8) is 0 Å². The Kier molecular flexibility index (Phi) is 11.7. The zero-order chi connectivity index (χ0) is 17.2. The number of halogens is 1. The summed E-state index contributed by atoms with van der Waals surface area (Å²) >= 11 is 1.80. The highest BCUT2D eigenvalue weighted by Gasteiger charge is 2.16. The number of likely N-dealkylation sites (tertiary alicyclic amines) is 1. The van der Waals surface area contributed by atoms with Gasteiger partial charge in [0.2, 0.25) is 0 Å². The smallest absolute Gasteiger partial charge is 0.191 e. The molecule has 0 radical (unpaired) electrons. The van der Waals surface area contributed by atoms with E-state index in [4.69, 9.17) is 4.99 Å². The maximum absolute atomic E-state index is 9.54.